The average Bonchev–Trinajstić information content (AvgIpc) is 3.83. The van der Waals surface area contributed by atoms with Gasteiger partial charge in [-0.25, -0.2) is 9.48 Å². The van der Waals surface area contributed by atoms with Crippen LogP contribution in [0, 0.1) is 5.92 Å². The molecule has 1 heterocycles. The molecule has 2 amide bonds. The van der Waals surface area contributed by atoms with E-state index >= 15 is 0 Å². The van der Waals surface area contributed by atoms with Crippen LogP contribution in [-0.4, -0.2) is 33.9 Å². The largest absolute Gasteiger partial charge is 0.489 e. The lowest BCUT2D eigenvalue weighted by atomic mass is 9.97. The maximum atomic E-state index is 13.9. The van der Waals surface area contributed by atoms with Crippen LogP contribution < -0.4 is 20.7 Å². The van der Waals surface area contributed by atoms with Crippen LogP contribution in [0.25, 0.3) is 5.69 Å². The summed E-state index contributed by atoms with van der Waals surface area (Å²) in [6, 6.07) is 31.7. The molecule has 0 aliphatic heterocycles. The first-order valence-electron chi connectivity index (χ1n) is 17.5. The highest BCUT2D eigenvalue weighted by Gasteiger charge is 2.36. The summed E-state index contributed by atoms with van der Waals surface area (Å²) in [6.07, 6.45) is -3.14. The monoisotopic (exact) mass is 725 g/mol. The first kappa shape index (κ1) is 37.1. The van der Waals surface area contributed by atoms with E-state index in [1.165, 1.54) is 6.07 Å². The van der Waals surface area contributed by atoms with Gasteiger partial charge in [-0.05, 0) is 93.1 Å². The number of nitrogens with one attached hydrogen (secondary N) is 3. The van der Waals surface area contributed by atoms with Crippen LogP contribution in [0.4, 0.5) is 23.7 Å². The van der Waals surface area contributed by atoms with E-state index in [0.717, 1.165) is 46.8 Å². The third kappa shape index (κ3) is 10.3. The minimum Gasteiger partial charge on any atom is -0.489 e. The van der Waals surface area contributed by atoms with Crippen molar-refractivity contribution >= 4 is 17.7 Å². The number of amides is 2. The number of ether oxygens (including phenoxy) is 2. The summed E-state index contributed by atoms with van der Waals surface area (Å²) in [5.74, 6) is 0.509. The summed E-state index contributed by atoms with van der Waals surface area (Å²) in [5.41, 5.74) is 1.72. The number of alkyl carbamates (subject to hydrolysis) is 1. The van der Waals surface area contributed by atoms with E-state index in [9.17, 15) is 22.8 Å². The molecule has 9 nitrogen and oxygen atoms in total. The van der Waals surface area contributed by atoms with Gasteiger partial charge in [0.2, 0.25) is 0 Å². The fourth-order valence-electron chi connectivity index (χ4n) is 5.76. The van der Waals surface area contributed by atoms with Gasteiger partial charge in [0.1, 0.15) is 23.7 Å². The van der Waals surface area contributed by atoms with Gasteiger partial charge in [0.05, 0.1) is 11.7 Å². The Balaban J connectivity index is 1.25. The van der Waals surface area contributed by atoms with Crippen LogP contribution in [0.1, 0.15) is 78.1 Å². The van der Waals surface area contributed by atoms with E-state index in [0.29, 0.717) is 29.5 Å². The van der Waals surface area contributed by atoms with E-state index < -0.39 is 29.5 Å². The predicted molar refractivity (Wildman–Crippen MR) is 196 cm³/mol. The van der Waals surface area contributed by atoms with Gasteiger partial charge < -0.3 is 25.4 Å². The van der Waals surface area contributed by atoms with E-state index in [1.54, 1.807) is 51.1 Å². The normalized spacial score (nSPS) is 13.6. The minimum atomic E-state index is -4.80. The summed E-state index contributed by atoms with van der Waals surface area (Å²) in [5, 5.41) is 12.9. The van der Waals surface area contributed by atoms with Gasteiger partial charge >= 0.3 is 12.3 Å². The quantitative estimate of drug-likeness (QED) is 0.112. The number of aromatic nitrogens is 2. The molecule has 0 saturated heterocycles. The molecule has 3 N–H and O–H groups in total. The summed E-state index contributed by atoms with van der Waals surface area (Å²) >= 11 is 0. The Labute approximate surface area is 306 Å². The minimum absolute atomic E-state index is 0.0425. The van der Waals surface area contributed by atoms with Crippen molar-refractivity contribution < 1.29 is 32.2 Å². The van der Waals surface area contributed by atoms with E-state index in [2.05, 4.69) is 21.0 Å². The second-order valence-electron chi connectivity index (χ2n) is 14.0. The summed E-state index contributed by atoms with van der Waals surface area (Å²) in [4.78, 5) is 26.0. The van der Waals surface area contributed by atoms with Crippen LogP contribution in [0.5, 0.6) is 5.75 Å². The van der Waals surface area contributed by atoms with Gasteiger partial charge in [-0.2, -0.15) is 18.3 Å². The van der Waals surface area contributed by atoms with Crippen molar-refractivity contribution in [3.8, 4) is 11.4 Å². The number of carbonyl (C=O) groups is 2. The lowest BCUT2D eigenvalue weighted by molar-refractivity contribution is -0.141. The van der Waals surface area contributed by atoms with Crippen molar-refractivity contribution in [3.63, 3.8) is 0 Å². The number of nitrogens with zero attached hydrogens (tertiary/aromatic N) is 2. The topological polar surface area (TPSA) is 107 Å². The molecule has 0 bridgehead atoms. The van der Waals surface area contributed by atoms with Gasteiger partial charge in [0, 0.05) is 23.9 Å². The Morgan fingerprint density at radius 3 is 2.32 bits per heavy atom. The highest BCUT2D eigenvalue weighted by molar-refractivity contribution is 6.03. The van der Waals surface area contributed by atoms with Crippen molar-refractivity contribution in [3.05, 3.63) is 143 Å². The first-order valence-corrected chi connectivity index (χ1v) is 17.5. The lowest BCUT2D eigenvalue weighted by Gasteiger charge is -2.23. The molecule has 1 aromatic heterocycles. The molecule has 276 valence electrons. The molecule has 1 unspecified atom stereocenters. The zero-order chi connectivity index (χ0) is 37.6. The average molecular weight is 726 g/mol. The zero-order valence-corrected chi connectivity index (χ0v) is 29.7. The number of benzene rings is 4. The molecule has 0 radical (unpaired) electrons. The number of hydrogen-bond donors (Lipinski definition) is 3. The Bertz CT molecular complexity index is 2040. The van der Waals surface area contributed by atoms with Crippen molar-refractivity contribution in [2.75, 3.05) is 11.9 Å². The molecule has 1 saturated carbocycles. The molecule has 6 rings (SSSR count). The number of carbonyl (C=O) groups excluding carboxylic acids is 2. The van der Waals surface area contributed by atoms with Crippen LogP contribution >= 0.6 is 0 Å². The number of rotatable bonds is 13. The van der Waals surface area contributed by atoms with E-state index in [1.807, 2.05) is 66.7 Å². The summed E-state index contributed by atoms with van der Waals surface area (Å²) in [6.45, 7) is 6.43. The van der Waals surface area contributed by atoms with Crippen LogP contribution in [0.3, 0.4) is 0 Å². The van der Waals surface area contributed by atoms with Gasteiger partial charge in [-0.3, -0.25) is 4.79 Å². The lowest BCUT2D eigenvalue weighted by Crippen LogP contribution is -2.32. The Morgan fingerprint density at radius 2 is 1.58 bits per heavy atom. The smallest absolute Gasteiger partial charge is 0.435 e. The van der Waals surface area contributed by atoms with Crippen molar-refractivity contribution in [2.45, 2.75) is 64.6 Å². The molecule has 4 aromatic carbocycles. The van der Waals surface area contributed by atoms with Crippen molar-refractivity contribution in [1.29, 1.82) is 0 Å². The number of halogens is 3. The van der Waals surface area contributed by atoms with E-state index in [4.69, 9.17) is 9.47 Å². The van der Waals surface area contributed by atoms with Crippen LogP contribution in [0.2, 0.25) is 0 Å². The fourth-order valence-corrected chi connectivity index (χ4v) is 5.76. The molecule has 12 heteroatoms. The molecule has 0 spiro atoms. The standard InChI is InChI=1S/C41H42F3N5O4/c1-40(2,3)53-39(51)46-25-29-13-9-16-32(21-29)49-34(23-36(48-49)41(42,43)44)38(50)47-31-15-10-14-30(22-31)37(45-24-27-19-20-27)33-17-7-8-18-35(33)52-26-28-11-5-4-6-12-28/h4-18,21-23,27,37,45H,19-20,24-26H2,1-3H3,(H,46,51)(H,47,50). The molecule has 53 heavy (non-hydrogen) atoms. The molecule has 5 aromatic rings. The van der Waals surface area contributed by atoms with Crippen LogP contribution in [-0.2, 0) is 24.1 Å². The number of para-hydroxylation sites is 1. The van der Waals surface area contributed by atoms with Gasteiger partial charge in [0.15, 0.2) is 5.69 Å². The second-order valence-corrected chi connectivity index (χ2v) is 14.0. The molecular weight excluding hydrogens is 683 g/mol. The molecule has 1 fully saturated rings. The third-order valence-electron chi connectivity index (χ3n) is 8.48. The fraction of sp³-hybridized carbons (Fsp3) is 0.293. The van der Waals surface area contributed by atoms with Gasteiger partial charge in [-0.1, -0.05) is 72.8 Å². The maximum Gasteiger partial charge on any atom is 0.435 e. The Morgan fingerprint density at radius 1 is 0.868 bits per heavy atom. The highest BCUT2D eigenvalue weighted by atomic mass is 19.4. The zero-order valence-electron chi connectivity index (χ0n) is 29.7. The van der Waals surface area contributed by atoms with Crippen molar-refractivity contribution in [2.24, 2.45) is 5.92 Å². The van der Waals surface area contributed by atoms with Gasteiger partial charge in [0.25, 0.3) is 5.91 Å². The molecular formula is C41H42F3N5O4. The summed E-state index contributed by atoms with van der Waals surface area (Å²) in [7, 11) is 0. The predicted octanol–water partition coefficient (Wildman–Crippen LogP) is 8.84. The second kappa shape index (κ2) is 16.0. The third-order valence-corrected chi connectivity index (χ3v) is 8.48. The van der Waals surface area contributed by atoms with E-state index in [-0.39, 0.29) is 24.0 Å². The number of anilines is 1. The molecule has 1 aliphatic carbocycles. The Kier molecular flexibility index (Phi) is 11.2. The van der Waals surface area contributed by atoms with Crippen LogP contribution in [0.15, 0.2) is 109 Å². The van der Waals surface area contributed by atoms with Crippen molar-refractivity contribution in [1.82, 2.24) is 20.4 Å². The molecule has 1 atom stereocenters. The SMILES string of the molecule is CC(C)(C)OC(=O)NCc1cccc(-n2nc(C(F)(F)F)cc2C(=O)Nc2cccc(C(NCC3CC3)c3ccccc3OCc3ccccc3)c2)c1. The maximum absolute atomic E-state index is 13.9. The first-order chi connectivity index (χ1) is 25.3. The van der Waals surface area contributed by atoms with Gasteiger partial charge in [-0.15, -0.1) is 0 Å². The molecule has 1 aliphatic rings. The number of hydrogen-bond acceptors (Lipinski definition) is 6. The highest BCUT2D eigenvalue weighted by Crippen LogP contribution is 2.35. The summed E-state index contributed by atoms with van der Waals surface area (Å²) < 4.78 is 54.4. The Hall–Kier alpha value is -5.62. The number of alkyl halides is 3.